The smallest absolute Gasteiger partial charge is 0.347 e. The number of hydrogen-bond acceptors (Lipinski definition) is 5. The molecule has 0 aromatic carbocycles. The number of nitrogens with zero attached hydrogens (tertiary/aromatic N) is 2. The molecular weight excluding hydrogens is 276 g/mol. The molecule has 1 saturated heterocycles. The number of hydrogen-bond donors (Lipinski definition) is 1. The van der Waals surface area contributed by atoms with Gasteiger partial charge in [-0.15, -0.1) is 0 Å². The molecule has 1 aromatic rings. The van der Waals surface area contributed by atoms with Crippen LogP contribution < -0.4 is 4.90 Å². The molecule has 1 aromatic heterocycles. The number of piperidine rings is 1. The number of aromatic carboxylic acids is 1. The summed E-state index contributed by atoms with van der Waals surface area (Å²) in [5.74, 6) is -0.874. The van der Waals surface area contributed by atoms with Gasteiger partial charge in [-0.3, -0.25) is 0 Å². The first kappa shape index (κ1) is 15.3. The van der Waals surface area contributed by atoms with Crippen LogP contribution in [-0.4, -0.2) is 41.9 Å². The Labute approximate surface area is 123 Å². The Morgan fingerprint density at radius 2 is 2.35 bits per heavy atom. The molecule has 1 N–H and O–H groups in total. The fourth-order valence-electron chi connectivity index (χ4n) is 2.41. The first-order valence-electron chi connectivity index (χ1n) is 7.25. The molecule has 6 heteroatoms. The highest BCUT2D eigenvalue weighted by Crippen LogP contribution is 2.29. The number of rotatable bonds is 6. The quantitative estimate of drug-likeness (QED) is 0.875. The summed E-state index contributed by atoms with van der Waals surface area (Å²) in [6, 6.07) is 0. The van der Waals surface area contributed by atoms with E-state index in [1.807, 2.05) is 6.92 Å². The summed E-state index contributed by atoms with van der Waals surface area (Å²) in [7, 11) is 0. The lowest BCUT2D eigenvalue weighted by molar-refractivity contribution is 0.0440. The van der Waals surface area contributed by atoms with Gasteiger partial charge in [-0.2, -0.15) is 0 Å². The van der Waals surface area contributed by atoms with E-state index in [-0.39, 0.29) is 6.10 Å². The Bertz CT molecular complexity index is 461. The normalized spacial score (nSPS) is 19.3. The predicted molar refractivity (Wildman–Crippen MR) is 79.9 cm³/mol. The van der Waals surface area contributed by atoms with Crippen molar-refractivity contribution in [2.45, 2.75) is 45.6 Å². The molecule has 0 saturated carbocycles. The summed E-state index contributed by atoms with van der Waals surface area (Å²) >= 11 is 1.28. The average molecular weight is 298 g/mol. The van der Waals surface area contributed by atoms with Crippen LogP contribution in [0.4, 0.5) is 5.13 Å². The largest absolute Gasteiger partial charge is 0.477 e. The minimum atomic E-state index is -0.874. The van der Waals surface area contributed by atoms with Crippen molar-refractivity contribution in [3.8, 4) is 0 Å². The molecule has 0 radical (unpaired) electrons. The Hall–Kier alpha value is -1.14. The van der Waals surface area contributed by atoms with Gasteiger partial charge in [0.1, 0.15) is 4.88 Å². The van der Waals surface area contributed by atoms with Gasteiger partial charge in [-0.05, 0) is 25.7 Å². The Balaban J connectivity index is 2.08. The van der Waals surface area contributed by atoms with Crippen molar-refractivity contribution in [3.05, 3.63) is 10.6 Å². The standard InChI is InChI=1S/C14H22N2O3S/c1-3-8-19-10-6-5-7-16(9-10)14-15-11(4-2)12(20-14)13(17)18/h10H,3-9H2,1-2H3,(H,17,18). The van der Waals surface area contributed by atoms with Crippen molar-refractivity contribution in [1.29, 1.82) is 0 Å². The number of aryl methyl sites for hydroxylation is 1. The van der Waals surface area contributed by atoms with E-state index < -0.39 is 5.97 Å². The maximum Gasteiger partial charge on any atom is 0.347 e. The summed E-state index contributed by atoms with van der Waals surface area (Å²) in [5.41, 5.74) is 0.689. The van der Waals surface area contributed by atoms with Crippen molar-refractivity contribution in [2.24, 2.45) is 0 Å². The number of aromatic nitrogens is 1. The third kappa shape index (κ3) is 3.49. The fraction of sp³-hybridized carbons (Fsp3) is 0.714. The maximum atomic E-state index is 11.2. The van der Waals surface area contributed by atoms with Crippen LogP contribution in [0.15, 0.2) is 0 Å². The monoisotopic (exact) mass is 298 g/mol. The first-order chi connectivity index (χ1) is 9.65. The first-order valence-corrected chi connectivity index (χ1v) is 8.06. The lowest BCUT2D eigenvalue weighted by atomic mass is 10.1. The van der Waals surface area contributed by atoms with Gasteiger partial charge < -0.3 is 14.7 Å². The van der Waals surface area contributed by atoms with Gasteiger partial charge in [0.05, 0.1) is 11.8 Å². The second-order valence-corrected chi connectivity index (χ2v) is 5.99. The average Bonchev–Trinajstić information content (AvgIpc) is 2.90. The van der Waals surface area contributed by atoms with Crippen LogP contribution in [-0.2, 0) is 11.2 Å². The van der Waals surface area contributed by atoms with Crippen LogP contribution in [0.2, 0.25) is 0 Å². The SMILES string of the molecule is CCCOC1CCCN(c2nc(CC)c(C(=O)O)s2)C1. The third-order valence-electron chi connectivity index (χ3n) is 3.42. The van der Waals surface area contributed by atoms with Gasteiger partial charge in [0, 0.05) is 19.7 Å². The highest BCUT2D eigenvalue weighted by atomic mass is 32.1. The van der Waals surface area contributed by atoms with E-state index in [2.05, 4.69) is 16.8 Å². The Morgan fingerprint density at radius 1 is 1.55 bits per heavy atom. The summed E-state index contributed by atoms with van der Waals surface area (Å²) in [5, 5.41) is 10.0. The molecule has 20 heavy (non-hydrogen) atoms. The molecule has 1 atom stereocenters. The molecular formula is C14H22N2O3S. The van der Waals surface area contributed by atoms with Gasteiger partial charge in [0.25, 0.3) is 0 Å². The highest BCUT2D eigenvalue weighted by molar-refractivity contribution is 7.17. The van der Waals surface area contributed by atoms with Gasteiger partial charge >= 0.3 is 5.97 Å². The number of carboxylic acids is 1. The molecule has 1 unspecified atom stereocenters. The van der Waals surface area contributed by atoms with E-state index >= 15 is 0 Å². The molecule has 1 aliphatic rings. The van der Waals surface area contributed by atoms with Crippen molar-refractivity contribution >= 4 is 22.4 Å². The molecule has 2 heterocycles. The molecule has 5 nitrogen and oxygen atoms in total. The zero-order chi connectivity index (χ0) is 14.5. The second-order valence-electron chi connectivity index (χ2n) is 5.01. The van der Waals surface area contributed by atoms with Gasteiger partial charge in [0.2, 0.25) is 0 Å². The molecule has 0 aliphatic carbocycles. The van der Waals surface area contributed by atoms with Crippen molar-refractivity contribution in [2.75, 3.05) is 24.6 Å². The van der Waals surface area contributed by atoms with Crippen LogP contribution >= 0.6 is 11.3 Å². The predicted octanol–water partition coefficient (Wildman–Crippen LogP) is 2.80. The van der Waals surface area contributed by atoms with Gasteiger partial charge in [0.15, 0.2) is 5.13 Å². The number of ether oxygens (including phenoxy) is 1. The zero-order valence-electron chi connectivity index (χ0n) is 12.1. The van der Waals surface area contributed by atoms with E-state index in [0.29, 0.717) is 17.0 Å². The van der Waals surface area contributed by atoms with E-state index in [9.17, 15) is 9.90 Å². The third-order valence-corrected chi connectivity index (χ3v) is 4.57. The van der Waals surface area contributed by atoms with Crippen LogP contribution in [0, 0.1) is 0 Å². The zero-order valence-corrected chi connectivity index (χ0v) is 12.9. The topological polar surface area (TPSA) is 62.7 Å². The highest BCUT2D eigenvalue weighted by Gasteiger charge is 2.25. The van der Waals surface area contributed by atoms with Crippen LogP contribution in [0.25, 0.3) is 0 Å². The van der Waals surface area contributed by atoms with E-state index in [4.69, 9.17) is 4.74 Å². The molecule has 0 bridgehead atoms. The lowest BCUT2D eigenvalue weighted by Crippen LogP contribution is -2.39. The Kier molecular flexibility index (Phi) is 5.37. The fourth-order valence-corrected chi connectivity index (χ4v) is 3.44. The number of thiazole rings is 1. The Morgan fingerprint density at radius 3 is 2.95 bits per heavy atom. The summed E-state index contributed by atoms with van der Waals surface area (Å²) in [6.45, 7) is 6.58. The number of carboxylic acid groups (broad SMARTS) is 1. The van der Waals surface area contributed by atoms with Gasteiger partial charge in [-0.25, -0.2) is 9.78 Å². The maximum absolute atomic E-state index is 11.2. The summed E-state index contributed by atoms with van der Waals surface area (Å²) in [4.78, 5) is 18.2. The van der Waals surface area contributed by atoms with Crippen molar-refractivity contribution in [3.63, 3.8) is 0 Å². The minimum absolute atomic E-state index is 0.242. The molecule has 0 amide bonds. The lowest BCUT2D eigenvalue weighted by Gasteiger charge is -2.32. The summed E-state index contributed by atoms with van der Waals surface area (Å²) in [6.07, 6.45) is 4.07. The van der Waals surface area contributed by atoms with Crippen molar-refractivity contribution < 1.29 is 14.6 Å². The van der Waals surface area contributed by atoms with E-state index in [0.717, 1.165) is 44.1 Å². The minimum Gasteiger partial charge on any atom is -0.477 e. The number of anilines is 1. The van der Waals surface area contributed by atoms with E-state index in [1.165, 1.54) is 11.3 Å². The van der Waals surface area contributed by atoms with E-state index in [1.54, 1.807) is 0 Å². The second kappa shape index (κ2) is 7.04. The number of carbonyl (C=O) groups is 1. The molecule has 1 fully saturated rings. The molecule has 112 valence electrons. The van der Waals surface area contributed by atoms with Gasteiger partial charge in [-0.1, -0.05) is 25.2 Å². The van der Waals surface area contributed by atoms with Crippen LogP contribution in [0.1, 0.15) is 48.5 Å². The molecule has 1 aliphatic heterocycles. The summed E-state index contributed by atoms with van der Waals surface area (Å²) < 4.78 is 5.81. The molecule has 2 rings (SSSR count). The van der Waals surface area contributed by atoms with Crippen LogP contribution in [0.5, 0.6) is 0 Å². The van der Waals surface area contributed by atoms with Crippen LogP contribution in [0.3, 0.4) is 0 Å². The molecule has 0 spiro atoms. The van der Waals surface area contributed by atoms with Crippen molar-refractivity contribution in [1.82, 2.24) is 4.98 Å².